The Bertz CT molecular complexity index is 539. The molecule has 1 spiro atoms. The predicted molar refractivity (Wildman–Crippen MR) is 87.6 cm³/mol. The fourth-order valence-corrected chi connectivity index (χ4v) is 5.20. The molecule has 0 saturated carbocycles. The van der Waals surface area contributed by atoms with E-state index in [1.807, 2.05) is 16.7 Å². The number of H-pyrrole nitrogens is 1. The van der Waals surface area contributed by atoms with Crippen LogP contribution in [0.3, 0.4) is 0 Å². The largest absolute Gasteiger partial charge is 0.381 e. The Balaban J connectivity index is 1.23. The Morgan fingerprint density at radius 1 is 1.48 bits per heavy atom. The Hall–Kier alpha value is -1.05. The lowest BCUT2D eigenvalue weighted by Crippen LogP contribution is -2.60. The maximum Gasteiger partial charge on any atom is 0.271 e. The number of carbonyl (C=O) groups is 1. The molecule has 0 aliphatic carbocycles. The number of nitrogens with one attached hydrogen (secondary N) is 1. The number of carbonyl (C=O) groups excluding carboxylic acids is 1. The summed E-state index contributed by atoms with van der Waals surface area (Å²) in [5.41, 5.74) is 0.579. The maximum absolute atomic E-state index is 12.2. The van der Waals surface area contributed by atoms with E-state index in [-0.39, 0.29) is 10.7 Å². The number of aromatic nitrogens is 2. The number of thioether (sulfide) groups is 1. The molecule has 4 heterocycles. The van der Waals surface area contributed by atoms with Gasteiger partial charge < -0.3 is 14.4 Å². The maximum atomic E-state index is 12.2. The average Bonchev–Trinajstić information content (AvgIpc) is 3.22. The highest BCUT2D eigenvalue weighted by atomic mass is 32.2. The van der Waals surface area contributed by atoms with E-state index in [1.165, 1.54) is 0 Å². The number of rotatable bonds is 4. The van der Waals surface area contributed by atoms with Gasteiger partial charge in [0.05, 0.1) is 10.9 Å². The van der Waals surface area contributed by atoms with Gasteiger partial charge >= 0.3 is 0 Å². The summed E-state index contributed by atoms with van der Waals surface area (Å²) in [4.78, 5) is 14.1. The zero-order valence-corrected chi connectivity index (χ0v) is 14.0. The second-order valence-corrected chi connectivity index (χ2v) is 8.33. The fourth-order valence-electron chi connectivity index (χ4n) is 3.65. The van der Waals surface area contributed by atoms with Crippen LogP contribution in [-0.2, 0) is 9.47 Å². The molecule has 4 rings (SSSR count). The van der Waals surface area contributed by atoms with Crippen LogP contribution in [0.4, 0.5) is 0 Å². The van der Waals surface area contributed by atoms with Crippen molar-refractivity contribution in [1.29, 1.82) is 0 Å². The SMILES string of the molecule is O=C(c1ccn[nH]1)N1CC2(C[C@H](OCC3CCOCC3)CS2)C1. The number of nitrogens with zero attached hydrogens (tertiary/aromatic N) is 2. The highest BCUT2D eigenvalue weighted by Gasteiger charge is 2.51. The molecule has 1 aromatic heterocycles. The summed E-state index contributed by atoms with van der Waals surface area (Å²) < 4.78 is 11.8. The van der Waals surface area contributed by atoms with Crippen molar-refractivity contribution in [3.8, 4) is 0 Å². The second kappa shape index (κ2) is 6.45. The van der Waals surface area contributed by atoms with E-state index < -0.39 is 0 Å². The average molecular weight is 337 g/mol. The number of amides is 1. The van der Waals surface area contributed by atoms with Gasteiger partial charge in [-0.2, -0.15) is 5.10 Å². The van der Waals surface area contributed by atoms with Crippen LogP contribution in [0.5, 0.6) is 0 Å². The van der Waals surface area contributed by atoms with Gasteiger partial charge in [-0.3, -0.25) is 9.89 Å². The van der Waals surface area contributed by atoms with E-state index in [0.717, 1.165) is 57.9 Å². The first-order chi connectivity index (χ1) is 11.2. The molecule has 126 valence electrons. The third kappa shape index (κ3) is 3.27. The molecule has 3 aliphatic rings. The Labute approximate surface area is 140 Å². The molecular formula is C16H23N3O3S. The van der Waals surface area contributed by atoms with Crippen LogP contribution in [0.15, 0.2) is 12.3 Å². The van der Waals surface area contributed by atoms with Crippen molar-refractivity contribution in [2.45, 2.75) is 30.1 Å². The molecule has 0 bridgehead atoms. The van der Waals surface area contributed by atoms with Crippen LogP contribution in [0.2, 0.25) is 0 Å². The van der Waals surface area contributed by atoms with Crippen LogP contribution in [-0.4, -0.2) is 70.5 Å². The monoisotopic (exact) mass is 337 g/mol. The lowest BCUT2D eigenvalue weighted by molar-refractivity contribution is -0.0119. The minimum absolute atomic E-state index is 0.0558. The Morgan fingerprint density at radius 3 is 3.04 bits per heavy atom. The number of likely N-dealkylation sites (tertiary alicyclic amines) is 1. The number of hydrogen-bond acceptors (Lipinski definition) is 5. The molecule has 0 radical (unpaired) electrons. The van der Waals surface area contributed by atoms with Crippen molar-refractivity contribution < 1.29 is 14.3 Å². The van der Waals surface area contributed by atoms with E-state index >= 15 is 0 Å². The Kier molecular flexibility index (Phi) is 4.34. The first-order valence-corrected chi connectivity index (χ1v) is 9.35. The first kappa shape index (κ1) is 15.5. The van der Waals surface area contributed by atoms with E-state index in [0.29, 0.717) is 17.7 Å². The minimum Gasteiger partial charge on any atom is -0.381 e. The van der Waals surface area contributed by atoms with E-state index in [1.54, 1.807) is 12.3 Å². The van der Waals surface area contributed by atoms with Crippen molar-refractivity contribution in [2.24, 2.45) is 5.92 Å². The van der Waals surface area contributed by atoms with E-state index in [9.17, 15) is 4.79 Å². The summed E-state index contributed by atoms with van der Waals surface area (Å²) in [7, 11) is 0. The molecule has 1 amide bonds. The summed E-state index contributed by atoms with van der Waals surface area (Å²) in [6.45, 7) is 4.27. The molecule has 0 aromatic carbocycles. The molecule has 23 heavy (non-hydrogen) atoms. The molecular weight excluding hydrogens is 314 g/mol. The third-order valence-corrected chi connectivity index (χ3v) is 6.64. The van der Waals surface area contributed by atoms with Crippen molar-refractivity contribution in [3.63, 3.8) is 0 Å². The smallest absolute Gasteiger partial charge is 0.271 e. The van der Waals surface area contributed by atoms with Gasteiger partial charge in [0.25, 0.3) is 5.91 Å². The van der Waals surface area contributed by atoms with Crippen LogP contribution >= 0.6 is 11.8 Å². The molecule has 3 aliphatic heterocycles. The quantitative estimate of drug-likeness (QED) is 0.903. The van der Waals surface area contributed by atoms with Gasteiger partial charge in [0.15, 0.2) is 0 Å². The van der Waals surface area contributed by atoms with Crippen molar-refractivity contribution in [3.05, 3.63) is 18.0 Å². The topological polar surface area (TPSA) is 67.5 Å². The van der Waals surface area contributed by atoms with Crippen molar-refractivity contribution >= 4 is 17.7 Å². The van der Waals surface area contributed by atoms with Gasteiger partial charge in [0.2, 0.25) is 0 Å². The number of aromatic amines is 1. The highest BCUT2D eigenvalue weighted by Crippen LogP contribution is 2.46. The van der Waals surface area contributed by atoms with Gasteiger partial charge in [-0.1, -0.05) is 0 Å². The lowest BCUT2D eigenvalue weighted by Gasteiger charge is -2.47. The summed E-state index contributed by atoms with van der Waals surface area (Å²) in [6.07, 6.45) is 5.27. The molecule has 6 nitrogen and oxygen atoms in total. The zero-order valence-electron chi connectivity index (χ0n) is 13.2. The zero-order chi connectivity index (χ0) is 15.7. The predicted octanol–water partition coefficient (Wildman–Crippen LogP) is 1.55. The fraction of sp³-hybridized carbons (Fsp3) is 0.750. The molecule has 7 heteroatoms. The Morgan fingerprint density at radius 2 is 2.30 bits per heavy atom. The molecule has 1 aromatic rings. The van der Waals surface area contributed by atoms with Gasteiger partial charge in [0, 0.05) is 44.9 Å². The van der Waals surface area contributed by atoms with Gasteiger partial charge in [0.1, 0.15) is 5.69 Å². The summed E-state index contributed by atoms with van der Waals surface area (Å²) in [5, 5.41) is 6.59. The third-order valence-electron chi connectivity index (χ3n) is 5.06. The summed E-state index contributed by atoms with van der Waals surface area (Å²) in [6, 6.07) is 1.73. The lowest BCUT2D eigenvalue weighted by atomic mass is 9.92. The standard InChI is InChI=1S/C16H23N3O3S/c20-15(14-1-4-17-18-14)19-10-16(11-19)7-13(9-23-16)22-8-12-2-5-21-6-3-12/h1,4,12-13H,2-3,5-11H2,(H,17,18)/t13-/m0/s1. The number of ether oxygens (including phenoxy) is 2. The van der Waals surface area contributed by atoms with Gasteiger partial charge in [-0.15, -0.1) is 11.8 Å². The van der Waals surface area contributed by atoms with Crippen LogP contribution in [0, 0.1) is 5.92 Å². The molecule has 3 saturated heterocycles. The molecule has 3 fully saturated rings. The van der Waals surface area contributed by atoms with E-state index in [2.05, 4.69) is 10.2 Å². The van der Waals surface area contributed by atoms with Crippen molar-refractivity contribution in [2.75, 3.05) is 38.7 Å². The highest BCUT2D eigenvalue weighted by molar-refractivity contribution is 8.01. The van der Waals surface area contributed by atoms with Crippen LogP contribution < -0.4 is 0 Å². The van der Waals surface area contributed by atoms with Crippen molar-refractivity contribution in [1.82, 2.24) is 15.1 Å². The van der Waals surface area contributed by atoms with Gasteiger partial charge in [-0.25, -0.2) is 0 Å². The second-order valence-electron chi connectivity index (χ2n) is 6.84. The number of hydrogen-bond donors (Lipinski definition) is 1. The first-order valence-electron chi connectivity index (χ1n) is 8.36. The summed E-state index contributed by atoms with van der Waals surface area (Å²) in [5.74, 6) is 1.76. The minimum atomic E-state index is 0.0558. The van der Waals surface area contributed by atoms with E-state index in [4.69, 9.17) is 9.47 Å². The van der Waals surface area contributed by atoms with Crippen LogP contribution in [0.25, 0.3) is 0 Å². The molecule has 1 atom stereocenters. The van der Waals surface area contributed by atoms with Gasteiger partial charge in [-0.05, 0) is 31.2 Å². The summed E-state index contributed by atoms with van der Waals surface area (Å²) >= 11 is 1.98. The van der Waals surface area contributed by atoms with Crippen LogP contribution in [0.1, 0.15) is 29.8 Å². The normalized spacial score (nSPS) is 27.3. The molecule has 0 unspecified atom stereocenters. The molecule has 1 N–H and O–H groups in total.